The third kappa shape index (κ3) is 3.44. The van der Waals surface area contributed by atoms with Crippen LogP contribution in [0.3, 0.4) is 0 Å². The molecule has 31 heavy (non-hydrogen) atoms. The van der Waals surface area contributed by atoms with E-state index in [-0.39, 0.29) is 11.6 Å². The highest BCUT2D eigenvalue weighted by molar-refractivity contribution is 5.47. The summed E-state index contributed by atoms with van der Waals surface area (Å²) in [5, 5.41) is 4.15. The van der Waals surface area contributed by atoms with E-state index in [1.165, 1.54) is 12.4 Å². The first-order valence-corrected chi connectivity index (χ1v) is 10.4. The zero-order chi connectivity index (χ0) is 21.7. The van der Waals surface area contributed by atoms with Crippen LogP contribution in [0, 0.1) is 11.6 Å². The normalized spacial score (nSPS) is 24.0. The zero-order valence-corrected chi connectivity index (χ0v) is 17.5. The van der Waals surface area contributed by atoms with Gasteiger partial charge in [-0.2, -0.15) is 5.10 Å². The van der Waals surface area contributed by atoms with Gasteiger partial charge in [-0.3, -0.25) is 4.90 Å². The second kappa shape index (κ2) is 7.77. The Morgan fingerprint density at radius 1 is 1.23 bits per heavy atom. The van der Waals surface area contributed by atoms with Crippen LogP contribution < -0.4 is 5.73 Å². The number of aryl methyl sites for hydroxylation is 1. The maximum Gasteiger partial charge on any atom is 0.194 e. The van der Waals surface area contributed by atoms with E-state index in [9.17, 15) is 8.78 Å². The summed E-state index contributed by atoms with van der Waals surface area (Å²) >= 11 is 0. The molecule has 10 heteroatoms. The number of hydrogen-bond acceptors (Lipinski definition) is 6. The van der Waals surface area contributed by atoms with E-state index < -0.39 is 23.8 Å². The SMILES string of the molecule is CCn1c(-c2ncnn2C)nc2c1CN([C@H]1CO[C@H](c3cc(F)ccc3F)[C@@H](N)C1)C2. The number of ether oxygens (including phenoxy) is 1. The van der Waals surface area contributed by atoms with Gasteiger partial charge in [-0.05, 0) is 31.5 Å². The molecule has 8 nitrogen and oxygen atoms in total. The van der Waals surface area contributed by atoms with Crippen LogP contribution in [0.1, 0.15) is 36.4 Å². The van der Waals surface area contributed by atoms with Crippen LogP contribution in [-0.2, 0) is 31.4 Å². The average Bonchev–Trinajstić information content (AvgIpc) is 3.43. The van der Waals surface area contributed by atoms with Crippen molar-refractivity contribution < 1.29 is 13.5 Å². The Morgan fingerprint density at radius 3 is 2.77 bits per heavy atom. The van der Waals surface area contributed by atoms with Crippen molar-refractivity contribution in [3.05, 3.63) is 53.1 Å². The van der Waals surface area contributed by atoms with Gasteiger partial charge in [-0.1, -0.05) is 0 Å². The predicted octanol–water partition coefficient (Wildman–Crippen LogP) is 2.15. The van der Waals surface area contributed by atoms with Gasteiger partial charge < -0.3 is 15.0 Å². The maximum absolute atomic E-state index is 14.2. The molecule has 3 atom stereocenters. The molecule has 164 valence electrons. The largest absolute Gasteiger partial charge is 0.370 e. The molecule has 4 heterocycles. The maximum atomic E-state index is 14.2. The summed E-state index contributed by atoms with van der Waals surface area (Å²) in [5.74, 6) is 0.577. The molecule has 1 aromatic carbocycles. The number of nitrogens with zero attached hydrogens (tertiary/aromatic N) is 6. The van der Waals surface area contributed by atoms with Crippen molar-refractivity contribution in [3.63, 3.8) is 0 Å². The van der Waals surface area contributed by atoms with E-state index in [2.05, 4.69) is 26.5 Å². The van der Waals surface area contributed by atoms with Gasteiger partial charge in [0.15, 0.2) is 11.6 Å². The highest BCUT2D eigenvalue weighted by Gasteiger charge is 2.38. The van der Waals surface area contributed by atoms with E-state index in [0.29, 0.717) is 19.6 Å². The average molecular weight is 429 g/mol. The third-order valence-electron chi connectivity index (χ3n) is 6.27. The van der Waals surface area contributed by atoms with Crippen LogP contribution in [0.2, 0.25) is 0 Å². The predicted molar refractivity (Wildman–Crippen MR) is 109 cm³/mol. The molecule has 0 radical (unpaired) electrons. The summed E-state index contributed by atoms with van der Waals surface area (Å²) in [6, 6.07) is 3.05. The van der Waals surface area contributed by atoms with Crippen LogP contribution >= 0.6 is 0 Å². The number of imidazole rings is 1. The first-order chi connectivity index (χ1) is 15.0. The van der Waals surface area contributed by atoms with Gasteiger partial charge in [0.25, 0.3) is 0 Å². The number of hydrogen-bond donors (Lipinski definition) is 1. The molecular formula is C21H25F2N7O. The van der Waals surface area contributed by atoms with E-state index in [1.54, 1.807) is 4.68 Å². The minimum atomic E-state index is -0.651. The van der Waals surface area contributed by atoms with Crippen LogP contribution in [0.25, 0.3) is 11.6 Å². The van der Waals surface area contributed by atoms with Crippen molar-refractivity contribution in [2.24, 2.45) is 12.8 Å². The van der Waals surface area contributed by atoms with Crippen molar-refractivity contribution in [1.29, 1.82) is 0 Å². The van der Waals surface area contributed by atoms with Gasteiger partial charge in [0.05, 0.1) is 18.0 Å². The third-order valence-corrected chi connectivity index (χ3v) is 6.27. The minimum absolute atomic E-state index is 0.0839. The summed E-state index contributed by atoms with van der Waals surface area (Å²) in [5.41, 5.74) is 8.71. The topological polar surface area (TPSA) is 87.0 Å². The molecule has 0 bridgehead atoms. The van der Waals surface area contributed by atoms with Crippen LogP contribution in [-0.4, -0.2) is 47.9 Å². The molecule has 5 rings (SSSR count). The summed E-state index contributed by atoms with van der Waals surface area (Å²) in [6.07, 6.45) is 1.51. The summed E-state index contributed by atoms with van der Waals surface area (Å²) < 4.78 is 37.6. The minimum Gasteiger partial charge on any atom is -0.370 e. The second-order valence-electron chi connectivity index (χ2n) is 8.16. The van der Waals surface area contributed by atoms with Gasteiger partial charge >= 0.3 is 0 Å². The van der Waals surface area contributed by atoms with Crippen molar-refractivity contribution in [3.8, 4) is 11.6 Å². The summed E-state index contributed by atoms with van der Waals surface area (Å²) in [7, 11) is 1.85. The lowest BCUT2D eigenvalue weighted by atomic mass is 9.93. The zero-order valence-electron chi connectivity index (χ0n) is 17.5. The molecule has 0 amide bonds. The summed E-state index contributed by atoms with van der Waals surface area (Å²) in [6.45, 7) is 4.68. The van der Waals surface area contributed by atoms with Gasteiger partial charge in [0.2, 0.25) is 0 Å². The lowest BCUT2D eigenvalue weighted by Crippen LogP contribution is -2.47. The fourth-order valence-corrected chi connectivity index (χ4v) is 4.70. The number of nitrogens with two attached hydrogens (primary N) is 1. The first kappa shape index (κ1) is 20.2. The fraction of sp³-hybridized carbons (Fsp3) is 0.476. The Balaban J connectivity index is 1.32. The van der Waals surface area contributed by atoms with Crippen molar-refractivity contribution in [1.82, 2.24) is 29.2 Å². The molecule has 0 unspecified atom stereocenters. The Hall–Kier alpha value is -2.69. The molecule has 2 N–H and O–H groups in total. The molecule has 2 aliphatic heterocycles. The summed E-state index contributed by atoms with van der Waals surface area (Å²) in [4.78, 5) is 11.5. The van der Waals surface area contributed by atoms with E-state index in [1.807, 2.05) is 7.05 Å². The highest BCUT2D eigenvalue weighted by Crippen LogP contribution is 2.35. The number of rotatable bonds is 4. The number of fused-ring (bicyclic) bond motifs is 1. The van der Waals surface area contributed by atoms with Crippen molar-refractivity contribution in [2.75, 3.05) is 6.61 Å². The monoisotopic (exact) mass is 429 g/mol. The molecule has 0 spiro atoms. The molecule has 1 saturated heterocycles. The number of benzene rings is 1. The Labute approximate surface area is 178 Å². The quantitative estimate of drug-likeness (QED) is 0.684. The van der Waals surface area contributed by atoms with Gasteiger partial charge in [0.1, 0.15) is 24.1 Å². The van der Waals surface area contributed by atoms with E-state index in [4.69, 9.17) is 15.5 Å². The van der Waals surface area contributed by atoms with E-state index in [0.717, 1.165) is 48.3 Å². The molecular weight excluding hydrogens is 404 g/mol. The molecule has 3 aromatic rings. The van der Waals surface area contributed by atoms with Gasteiger partial charge in [-0.25, -0.2) is 23.4 Å². The Bertz CT molecular complexity index is 1110. The van der Waals surface area contributed by atoms with Gasteiger partial charge in [0, 0.05) is 44.3 Å². The second-order valence-corrected chi connectivity index (χ2v) is 8.16. The van der Waals surface area contributed by atoms with Crippen molar-refractivity contribution >= 4 is 0 Å². The Morgan fingerprint density at radius 2 is 2.06 bits per heavy atom. The molecule has 1 fully saturated rings. The van der Waals surface area contributed by atoms with Crippen LogP contribution in [0.15, 0.2) is 24.5 Å². The number of halogens is 2. The van der Waals surface area contributed by atoms with Gasteiger partial charge in [-0.15, -0.1) is 0 Å². The highest BCUT2D eigenvalue weighted by atomic mass is 19.1. The number of aromatic nitrogens is 5. The van der Waals surface area contributed by atoms with Crippen molar-refractivity contribution in [2.45, 2.75) is 51.2 Å². The molecule has 2 aliphatic rings. The molecule has 0 saturated carbocycles. The van der Waals surface area contributed by atoms with Crippen LogP contribution in [0.5, 0.6) is 0 Å². The van der Waals surface area contributed by atoms with Crippen LogP contribution in [0.4, 0.5) is 8.78 Å². The lowest BCUT2D eigenvalue weighted by Gasteiger charge is -2.38. The fourth-order valence-electron chi connectivity index (χ4n) is 4.70. The Kier molecular flexibility index (Phi) is 5.07. The lowest BCUT2D eigenvalue weighted by molar-refractivity contribution is -0.0535. The molecule has 0 aliphatic carbocycles. The first-order valence-electron chi connectivity index (χ1n) is 10.4. The smallest absolute Gasteiger partial charge is 0.194 e. The van der Waals surface area contributed by atoms with E-state index >= 15 is 0 Å². The molecule has 2 aromatic heterocycles. The standard InChI is InChI=1S/C21H25F2N7O/c1-3-30-18-9-29(8-17(18)27-21(30)20-25-11-26-28(20)2)13-7-16(24)19(31-10-13)14-6-12(22)4-5-15(14)23/h4-6,11,13,16,19H,3,7-10,24H2,1-2H3/t13-,16+,19-/m1/s1.